The van der Waals surface area contributed by atoms with Gasteiger partial charge in [0.1, 0.15) is 0 Å². The fraction of sp³-hybridized carbons (Fsp3) is 0.588. The summed E-state index contributed by atoms with van der Waals surface area (Å²) in [4.78, 5) is 4.29. The second kappa shape index (κ2) is 7.32. The van der Waals surface area contributed by atoms with Crippen LogP contribution in [-0.2, 0) is 5.41 Å². The molecule has 3 nitrogen and oxygen atoms in total. The molecule has 3 heteroatoms. The molecule has 0 aliphatic heterocycles. The van der Waals surface area contributed by atoms with Gasteiger partial charge in [-0.25, -0.2) is 0 Å². The first-order valence-corrected chi connectivity index (χ1v) is 7.44. The van der Waals surface area contributed by atoms with Crippen molar-refractivity contribution in [3.05, 3.63) is 35.4 Å². The minimum absolute atomic E-state index is 0.0679. The lowest BCUT2D eigenvalue weighted by Gasteiger charge is -2.29. The average molecular weight is 275 g/mol. The van der Waals surface area contributed by atoms with Crippen LogP contribution in [0.4, 0.5) is 0 Å². The Morgan fingerprint density at radius 1 is 1.30 bits per heavy atom. The summed E-state index contributed by atoms with van der Waals surface area (Å²) in [5, 5.41) is 6.83. The van der Waals surface area contributed by atoms with Crippen LogP contribution in [0.25, 0.3) is 0 Å². The molecule has 0 heterocycles. The molecule has 0 aliphatic rings. The van der Waals surface area contributed by atoms with Gasteiger partial charge in [0.25, 0.3) is 0 Å². The highest BCUT2D eigenvalue weighted by molar-refractivity contribution is 5.80. The van der Waals surface area contributed by atoms with Crippen LogP contribution in [0.2, 0.25) is 0 Å². The zero-order valence-corrected chi connectivity index (χ0v) is 13.7. The molecule has 1 rings (SSSR count). The predicted molar refractivity (Wildman–Crippen MR) is 88.5 cm³/mol. The van der Waals surface area contributed by atoms with Crippen LogP contribution >= 0.6 is 0 Å². The first kappa shape index (κ1) is 16.5. The zero-order chi connectivity index (χ0) is 15.2. The van der Waals surface area contributed by atoms with Gasteiger partial charge in [0.2, 0.25) is 0 Å². The highest BCUT2D eigenvalue weighted by Crippen LogP contribution is 2.25. The molecule has 0 aromatic heterocycles. The lowest BCUT2D eigenvalue weighted by atomic mass is 9.82. The van der Waals surface area contributed by atoms with Gasteiger partial charge in [-0.15, -0.1) is 0 Å². The van der Waals surface area contributed by atoms with E-state index in [1.54, 1.807) is 0 Å². The number of benzene rings is 1. The van der Waals surface area contributed by atoms with Gasteiger partial charge in [0.05, 0.1) is 0 Å². The summed E-state index contributed by atoms with van der Waals surface area (Å²) in [5.41, 5.74) is 2.79. The Balaban J connectivity index is 2.70. The van der Waals surface area contributed by atoms with E-state index in [4.69, 9.17) is 0 Å². The molecular formula is C17H29N3. The Labute approximate surface area is 123 Å². The molecule has 0 radical (unpaired) electrons. The van der Waals surface area contributed by atoms with E-state index >= 15 is 0 Å². The van der Waals surface area contributed by atoms with Crippen molar-refractivity contribution in [1.29, 1.82) is 0 Å². The smallest absolute Gasteiger partial charge is 0.191 e. The number of nitrogens with zero attached hydrogens (tertiary/aromatic N) is 1. The van der Waals surface area contributed by atoms with E-state index in [1.807, 2.05) is 7.05 Å². The van der Waals surface area contributed by atoms with Crippen LogP contribution in [0.5, 0.6) is 0 Å². The van der Waals surface area contributed by atoms with Crippen molar-refractivity contribution in [1.82, 2.24) is 10.6 Å². The summed E-state index contributed by atoms with van der Waals surface area (Å²) < 4.78 is 0. The van der Waals surface area contributed by atoms with E-state index in [1.165, 1.54) is 11.1 Å². The van der Waals surface area contributed by atoms with Gasteiger partial charge in [-0.2, -0.15) is 0 Å². The summed E-state index contributed by atoms with van der Waals surface area (Å²) in [6.45, 7) is 11.9. The van der Waals surface area contributed by atoms with E-state index in [2.05, 4.69) is 74.5 Å². The van der Waals surface area contributed by atoms with E-state index < -0.39 is 0 Å². The minimum Gasteiger partial charge on any atom is -0.356 e. The van der Waals surface area contributed by atoms with Gasteiger partial charge in [-0.05, 0) is 31.4 Å². The summed E-state index contributed by atoms with van der Waals surface area (Å²) in [7, 11) is 1.82. The first-order valence-electron chi connectivity index (χ1n) is 7.44. The van der Waals surface area contributed by atoms with Crippen LogP contribution in [-0.4, -0.2) is 25.6 Å². The van der Waals surface area contributed by atoms with Crippen LogP contribution in [0.3, 0.4) is 0 Å². The molecule has 2 N–H and O–H groups in total. The monoisotopic (exact) mass is 275 g/mol. The molecule has 0 aliphatic carbocycles. The van der Waals surface area contributed by atoms with Crippen LogP contribution in [0.1, 0.15) is 45.2 Å². The molecule has 0 amide bonds. The third-order valence-electron chi connectivity index (χ3n) is 3.79. The van der Waals surface area contributed by atoms with E-state index in [9.17, 15) is 0 Å². The van der Waals surface area contributed by atoms with Crippen LogP contribution in [0, 0.1) is 6.92 Å². The van der Waals surface area contributed by atoms with Gasteiger partial charge in [0.15, 0.2) is 5.96 Å². The van der Waals surface area contributed by atoms with Gasteiger partial charge in [0, 0.05) is 25.0 Å². The molecule has 0 saturated carbocycles. The molecule has 0 fully saturated rings. The Morgan fingerprint density at radius 3 is 2.50 bits per heavy atom. The number of aryl methyl sites for hydroxylation is 1. The third-order valence-corrected chi connectivity index (χ3v) is 3.79. The van der Waals surface area contributed by atoms with Crippen molar-refractivity contribution in [3.63, 3.8) is 0 Å². The fourth-order valence-electron chi connectivity index (χ4n) is 2.26. The van der Waals surface area contributed by atoms with Crippen molar-refractivity contribution in [2.45, 2.75) is 52.5 Å². The van der Waals surface area contributed by atoms with E-state index in [0.717, 1.165) is 18.9 Å². The number of guanidine groups is 1. The van der Waals surface area contributed by atoms with Crippen molar-refractivity contribution >= 4 is 5.96 Å². The third kappa shape index (κ3) is 4.55. The molecule has 20 heavy (non-hydrogen) atoms. The average Bonchev–Trinajstić information content (AvgIpc) is 2.43. The fourth-order valence-corrected chi connectivity index (χ4v) is 2.26. The molecule has 0 bridgehead atoms. The molecule has 0 spiro atoms. The number of hydrogen-bond acceptors (Lipinski definition) is 1. The number of aliphatic imine (C=N–C) groups is 1. The Hall–Kier alpha value is -1.51. The summed E-state index contributed by atoms with van der Waals surface area (Å²) in [6.07, 6.45) is 1.09. The van der Waals surface area contributed by atoms with Gasteiger partial charge < -0.3 is 10.6 Å². The lowest BCUT2D eigenvalue weighted by Crippen LogP contribution is -2.46. The highest BCUT2D eigenvalue weighted by Gasteiger charge is 2.22. The van der Waals surface area contributed by atoms with Gasteiger partial charge in [-0.3, -0.25) is 4.99 Å². The van der Waals surface area contributed by atoms with Crippen LogP contribution in [0.15, 0.2) is 29.3 Å². The van der Waals surface area contributed by atoms with Crippen molar-refractivity contribution in [3.8, 4) is 0 Å². The Bertz CT molecular complexity index is 449. The predicted octanol–water partition coefficient (Wildman–Crippen LogP) is 3.24. The van der Waals surface area contributed by atoms with E-state index in [0.29, 0.717) is 6.04 Å². The quantitative estimate of drug-likeness (QED) is 0.639. The molecular weight excluding hydrogens is 246 g/mol. The normalized spacial score (nSPS) is 14.0. The first-order chi connectivity index (χ1) is 9.40. The SMILES string of the molecule is CCC(C)NC(=NC)NCC(C)(C)c1ccccc1C. The number of nitrogens with one attached hydrogen (secondary N) is 2. The summed E-state index contributed by atoms with van der Waals surface area (Å²) in [5.74, 6) is 0.876. The number of rotatable bonds is 5. The number of hydrogen-bond donors (Lipinski definition) is 2. The van der Waals surface area contributed by atoms with Gasteiger partial charge >= 0.3 is 0 Å². The molecule has 1 unspecified atom stereocenters. The highest BCUT2D eigenvalue weighted by atomic mass is 15.2. The zero-order valence-electron chi connectivity index (χ0n) is 13.7. The Morgan fingerprint density at radius 2 is 1.95 bits per heavy atom. The van der Waals surface area contributed by atoms with Crippen molar-refractivity contribution < 1.29 is 0 Å². The summed E-state index contributed by atoms with van der Waals surface area (Å²) in [6, 6.07) is 9.01. The maximum atomic E-state index is 4.29. The second-order valence-electron chi connectivity index (χ2n) is 6.08. The maximum absolute atomic E-state index is 4.29. The van der Waals surface area contributed by atoms with Crippen molar-refractivity contribution in [2.75, 3.05) is 13.6 Å². The molecule has 1 atom stereocenters. The maximum Gasteiger partial charge on any atom is 0.191 e. The standard InChI is InChI=1S/C17H29N3/c1-7-14(3)20-16(18-6)19-12-17(4,5)15-11-9-8-10-13(15)2/h8-11,14H,7,12H2,1-6H3,(H2,18,19,20). The Kier molecular flexibility index (Phi) is 6.05. The van der Waals surface area contributed by atoms with Crippen LogP contribution < -0.4 is 10.6 Å². The lowest BCUT2D eigenvalue weighted by molar-refractivity contribution is 0.501. The largest absolute Gasteiger partial charge is 0.356 e. The molecule has 0 saturated heterocycles. The van der Waals surface area contributed by atoms with Crippen molar-refractivity contribution in [2.24, 2.45) is 4.99 Å². The summed E-state index contributed by atoms with van der Waals surface area (Å²) >= 11 is 0. The minimum atomic E-state index is 0.0679. The molecule has 1 aromatic rings. The molecule has 112 valence electrons. The topological polar surface area (TPSA) is 36.4 Å². The van der Waals surface area contributed by atoms with Gasteiger partial charge in [-0.1, -0.05) is 45.0 Å². The second-order valence-corrected chi connectivity index (χ2v) is 6.08. The van der Waals surface area contributed by atoms with E-state index in [-0.39, 0.29) is 5.41 Å². The molecule has 1 aromatic carbocycles.